The fourth-order valence-corrected chi connectivity index (χ4v) is 5.25. The highest BCUT2D eigenvalue weighted by atomic mass is 35.5. The van der Waals surface area contributed by atoms with E-state index in [0.29, 0.717) is 39.3 Å². The molecule has 0 spiro atoms. The Morgan fingerprint density at radius 3 is 2.42 bits per heavy atom. The minimum absolute atomic E-state index is 0.0339. The predicted molar refractivity (Wildman–Crippen MR) is 149 cm³/mol. The molecule has 0 saturated carbocycles. The number of hydrogen-bond acceptors (Lipinski definition) is 7. The van der Waals surface area contributed by atoms with Crippen molar-refractivity contribution < 1.29 is 37.4 Å². The smallest absolute Gasteiger partial charge is 0.291 e. The van der Waals surface area contributed by atoms with Crippen molar-refractivity contribution in [2.45, 2.75) is 12.0 Å². The lowest BCUT2D eigenvalue weighted by atomic mass is 9.92. The highest BCUT2D eigenvalue weighted by Gasteiger charge is 2.38. The van der Waals surface area contributed by atoms with E-state index in [2.05, 4.69) is 20.4 Å². The van der Waals surface area contributed by atoms with Crippen molar-refractivity contribution in [3.05, 3.63) is 64.6 Å². The van der Waals surface area contributed by atoms with Crippen LogP contribution in [0.2, 0.25) is 5.02 Å². The zero-order valence-corrected chi connectivity index (χ0v) is 23.8. The molecule has 2 fully saturated rings. The third-order valence-electron chi connectivity index (χ3n) is 7.49. The summed E-state index contributed by atoms with van der Waals surface area (Å²) < 4.78 is 46.9. The molecule has 3 N–H and O–H groups in total. The first-order valence-corrected chi connectivity index (χ1v) is 13.7. The number of imidazole rings is 1. The third-order valence-corrected chi connectivity index (χ3v) is 7.80. The van der Waals surface area contributed by atoms with E-state index in [0.717, 1.165) is 6.07 Å². The molecule has 228 valence electrons. The maximum atomic E-state index is 14.6. The molecule has 2 aromatic carbocycles. The van der Waals surface area contributed by atoms with Crippen LogP contribution in [-0.2, 0) is 11.8 Å². The van der Waals surface area contributed by atoms with Gasteiger partial charge in [-0.2, -0.15) is 4.39 Å². The number of alkyl halides is 1. The van der Waals surface area contributed by atoms with Crippen LogP contribution < -0.4 is 15.4 Å². The molecule has 5 rings (SSSR count). The SMILES string of the molecule is Cn1c(-c2ccc(OCF)c(F)c2F)cnc1C(=O)Nc1ccc(C(=O)N2CCN(C(=O)CC3(O)CNC3)CC2)c(Cl)c1. The number of aliphatic hydroxyl groups is 1. The molecule has 0 aliphatic carbocycles. The number of piperazine rings is 1. The van der Waals surface area contributed by atoms with Crippen LogP contribution in [0.3, 0.4) is 0 Å². The van der Waals surface area contributed by atoms with Crippen molar-refractivity contribution >= 4 is 35.0 Å². The highest BCUT2D eigenvalue weighted by molar-refractivity contribution is 6.34. The van der Waals surface area contributed by atoms with Crippen LogP contribution >= 0.6 is 11.6 Å². The first kappa shape index (κ1) is 30.3. The maximum absolute atomic E-state index is 14.6. The van der Waals surface area contributed by atoms with E-state index in [9.17, 15) is 32.7 Å². The number of aromatic nitrogens is 2. The van der Waals surface area contributed by atoms with Gasteiger partial charge in [0, 0.05) is 57.6 Å². The van der Waals surface area contributed by atoms with E-state index in [1.165, 1.54) is 42.1 Å². The van der Waals surface area contributed by atoms with E-state index in [4.69, 9.17) is 11.6 Å². The third kappa shape index (κ3) is 6.17. The number of nitrogens with zero attached hydrogens (tertiary/aromatic N) is 4. The molecule has 0 radical (unpaired) electrons. The normalized spacial score (nSPS) is 16.0. The molecule has 0 unspecified atom stereocenters. The van der Waals surface area contributed by atoms with Crippen molar-refractivity contribution in [3.63, 3.8) is 0 Å². The van der Waals surface area contributed by atoms with Gasteiger partial charge in [0.1, 0.15) is 0 Å². The first-order chi connectivity index (χ1) is 20.5. The molecule has 15 heteroatoms. The Morgan fingerprint density at radius 2 is 1.79 bits per heavy atom. The number of anilines is 1. The molecule has 2 saturated heterocycles. The molecule has 11 nitrogen and oxygen atoms in total. The Balaban J connectivity index is 1.21. The molecule has 0 atom stereocenters. The Hall–Kier alpha value is -4.14. The van der Waals surface area contributed by atoms with Crippen LogP contribution in [0.5, 0.6) is 5.75 Å². The summed E-state index contributed by atoms with van der Waals surface area (Å²) in [7, 11) is 1.44. The second-order valence-electron chi connectivity index (χ2n) is 10.3. The minimum atomic E-state index is -1.37. The second-order valence-corrected chi connectivity index (χ2v) is 10.8. The van der Waals surface area contributed by atoms with Gasteiger partial charge < -0.3 is 34.8 Å². The van der Waals surface area contributed by atoms with Crippen LogP contribution in [-0.4, -0.2) is 93.9 Å². The van der Waals surface area contributed by atoms with Gasteiger partial charge in [-0.15, -0.1) is 0 Å². The summed E-state index contributed by atoms with van der Waals surface area (Å²) in [6.45, 7) is 0.694. The van der Waals surface area contributed by atoms with Gasteiger partial charge in [0.15, 0.2) is 17.4 Å². The van der Waals surface area contributed by atoms with Crippen molar-refractivity contribution in [1.82, 2.24) is 24.7 Å². The summed E-state index contributed by atoms with van der Waals surface area (Å²) in [5.41, 5.74) is -0.650. The largest absolute Gasteiger partial charge is 0.460 e. The number of benzene rings is 2. The summed E-state index contributed by atoms with van der Waals surface area (Å²) >= 11 is 6.40. The molecule has 3 heterocycles. The number of nitrogens with one attached hydrogen (secondary N) is 2. The van der Waals surface area contributed by atoms with Crippen molar-refractivity contribution in [3.8, 4) is 17.0 Å². The van der Waals surface area contributed by atoms with Crippen LogP contribution in [0.4, 0.5) is 18.9 Å². The van der Waals surface area contributed by atoms with Crippen LogP contribution in [0.15, 0.2) is 36.5 Å². The molecule has 3 aromatic rings. The summed E-state index contributed by atoms with van der Waals surface area (Å²) in [6.07, 6.45) is 1.23. The first-order valence-electron chi connectivity index (χ1n) is 13.3. The van der Waals surface area contributed by atoms with Gasteiger partial charge in [-0.25, -0.2) is 13.8 Å². The molecule has 2 aliphatic heterocycles. The number of carbonyl (C=O) groups excluding carboxylic acids is 3. The zero-order chi connectivity index (χ0) is 30.9. The van der Waals surface area contributed by atoms with Gasteiger partial charge in [0.2, 0.25) is 18.6 Å². The molecule has 3 amide bonds. The maximum Gasteiger partial charge on any atom is 0.291 e. The summed E-state index contributed by atoms with van der Waals surface area (Å²) in [4.78, 5) is 45.8. The van der Waals surface area contributed by atoms with E-state index >= 15 is 0 Å². The summed E-state index contributed by atoms with van der Waals surface area (Å²) in [6, 6.07) is 6.63. The molecule has 2 aliphatic rings. The number of carbonyl (C=O) groups is 3. The van der Waals surface area contributed by atoms with E-state index in [1.807, 2.05) is 0 Å². The lowest BCUT2D eigenvalue weighted by Gasteiger charge is -2.40. The number of halogens is 4. The van der Waals surface area contributed by atoms with Gasteiger partial charge in [0.05, 0.1) is 34.5 Å². The monoisotopic (exact) mass is 620 g/mol. The quantitative estimate of drug-likeness (QED) is 0.353. The number of amides is 3. The Bertz CT molecular complexity index is 1570. The Morgan fingerprint density at radius 1 is 1.09 bits per heavy atom. The fraction of sp³-hybridized carbons (Fsp3) is 0.357. The second kappa shape index (κ2) is 12.2. The molecular weight excluding hydrogens is 593 g/mol. The van der Waals surface area contributed by atoms with Crippen LogP contribution in [0.1, 0.15) is 27.4 Å². The van der Waals surface area contributed by atoms with E-state index in [-0.39, 0.29) is 51.6 Å². The van der Waals surface area contributed by atoms with Gasteiger partial charge in [-0.3, -0.25) is 14.4 Å². The number of hydrogen-bond donors (Lipinski definition) is 3. The summed E-state index contributed by atoms with van der Waals surface area (Å²) in [5.74, 6) is -4.53. The van der Waals surface area contributed by atoms with Crippen molar-refractivity contribution in [1.29, 1.82) is 0 Å². The van der Waals surface area contributed by atoms with Gasteiger partial charge in [-0.05, 0) is 30.3 Å². The Kier molecular flexibility index (Phi) is 8.62. The average molecular weight is 621 g/mol. The molecule has 1 aromatic heterocycles. The average Bonchev–Trinajstić information content (AvgIpc) is 3.35. The molecular formula is C28H28ClF3N6O5. The lowest BCUT2D eigenvalue weighted by molar-refractivity contribution is -0.140. The van der Waals surface area contributed by atoms with Gasteiger partial charge in [0.25, 0.3) is 11.8 Å². The van der Waals surface area contributed by atoms with Crippen LogP contribution in [0.25, 0.3) is 11.3 Å². The zero-order valence-electron chi connectivity index (χ0n) is 23.0. The topological polar surface area (TPSA) is 129 Å². The minimum Gasteiger partial charge on any atom is -0.460 e. The molecule has 0 bridgehead atoms. The standard InChI is InChI=1S/C28H28ClF3N6O5/c1-36-20(18-4-5-21(43-15-30)24(32)23(18)31)12-34-25(36)26(40)35-16-2-3-17(19(29)10-16)27(41)38-8-6-37(7-9-38)22(39)11-28(42)13-33-14-28/h2-5,10,12,33,42H,6-9,11,13-15H2,1H3,(H,35,40). The van der Waals surface area contributed by atoms with E-state index < -0.39 is 35.8 Å². The highest BCUT2D eigenvalue weighted by Crippen LogP contribution is 2.31. The summed E-state index contributed by atoms with van der Waals surface area (Å²) in [5, 5.41) is 15.9. The van der Waals surface area contributed by atoms with Gasteiger partial charge >= 0.3 is 0 Å². The number of β-amino-alcohol motifs (C(OH)–C–C–N with tert-alkyl or cyclic N) is 1. The van der Waals surface area contributed by atoms with E-state index in [1.54, 1.807) is 9.80 Å². The fourth-order valence-electron chi connectivity index (χ4n) is 4.99. The predicted octanol–water partition coefficient (Wildman–Crippen LogP) is 2.59. The van der Waals surface area contributed by atoms with Crippen molar-refractivity contribution in [2.75, 3.05) is 51.4 Å². The van der Waals surface area contributed by atoms with Gasteiger partial charge in [-0.1, -0.05) is 11.6 Å². The Labute approximate surface area is 249 Å². The molecule has 43 heavy (non-hydrogen) atoms. The van der Waals surface area contributed by atoms with Crippen molar-refractivity contribution in [2.24, 2.45) is 7.05 Å². The number of ether oxygens (including phenoxy) is 1. The number of rotatable bonds is 8. The van der Waals surface area contributed by atoms with Crippen LogP contribution in [0, 0.1) is 11.6 Å². The lowest BCUT2D eigenvalue weighted by Crippen LogP contribution is -2.62.